The summed E-state index contributed by atoms with van der Waals surface area (Å²) in [6.07, 6.45) is 0.925. The van der Waals surface area contributed by atoms with Gasteiger partial charge in [-0.25, -0.2) is 0 Å². The smallest absolute Gasteiger partial charge is 0.281 e. The number of hydrogen-bond donors (Lipinski definition) is 1. The van der Waals surface area contributed by atoms with Gasteiger partial charge < -0.3 is 0 Å². The molecule has 2 saturated carbocycles. The van der Waals surface area contributed by atoms with Gasteiger partial charge in [0.25, 0.3) is 0 Å². The van der Waals surface area contributed by atoms with Crippen LogP contribution in [0.1, 0.15) is 26.2 Å². The second kappa shape index (κ2) is 3.82. The molecule has 0 aromatic rings. The zero-order valence-corrected chi connectivity index (χ0v) is 10.4. The summed E-state index contributed by atoms with van der Waals surface area (Å²) in [7, 11) is -6.11. The fourth-order valence-corrected chi connectivity index (χ4v) is 3.92. The SMILES string of the molecule is CCC1C2CCC(C(F)(F)C(F)(F)S(=O)(=O)O)C12. The average molecular weight is 290 g/mol. The van der Waals surface area contributed by atoms with Crippen LogP contribution in [0.2, 0.25) is 0 Å². The first-order valence-corrected chi connectivity index (χ1v) is 7.22. The van der Waals surface area contributed by atoms with E-state index in [9.17, 15) is 26.0 Å². The van der Waals surface area contributed by atoms with E-state index >= 15 is 0 Å². The lowest BCUT2D eigenvalue weighted by Gasteiger charge is -2.30. The van der Waals surface area contributed by atoms with Crippen molar-refractivity contribution < 1.29 is 30.5 Å². The van der Waals surface area contributed by atoms with E-state index in [1.807, 2.05) is 0 Å². The summed E-state index contributed by atoms with van der Waals surface area (Å²) >= 11 is 0. The van der Waals surface area contributed by atoms with Crippen molar-refractivity contribution in [1.29, 1.82) is 0 Å². The molecule has 2 rings (SSSR count). The van der Waals surface area contributed by atoms with E-state index in [1.165, 1.54) is 0 Å². The van der Waals surface area contributed by atoms with Gasteiger partial charge in [0.2, 0.25) is 0 Å². The second-order valence-electron chi connectivity index (χ2n) is 5.11. The lowest BCUT2D eigenvalue weighted by Crippen LogP contribution is -2.51. The molecule has 0 bridgehead atoms. The highest BCUT2D eigenvalue weighted by molar-refractivity contribution is 7.87. The van der Waals surface area contributed by atoms with Crippen LogP contribution in [0.4, 0.5) is 17.6 Å². The van der Waals surface area contributed by atoms with Gasteiger partial charge in [0.1, 0.15) is 0 Å². The number of hydrogen-bond acceptors (Lipinski definition) is 2. The molecule has 0 aromatic heterocycles. The van der Waals surface area contributed by atoms with Crippen molar-refractivity contribution in [2.75, 3.05) is 0 Å². The third-order valence-electron chi connectivity index (χ3n) is 4.32. The van der Waals surface area contributed by atoms with Crippen LogP contribution in [0.3, 0.4) is 0 Å². The Balaban J connectivity index is 2.27. The molecule has 4 atom stereocenters. The molecule has 0 spiro atoms. The molecule has 4 unspecified atom stereocenters. The molecule has 0 amide bonds. The number of rotatable bonds is 4. The highest BCUT2D eigenvalue weighted by atomic mass is 32.2. The molecule has 2 aliphatic carbocycles. The van der Waals surface area contributed by atoms with Crippen LogP contribution in [0.15, 0.2) is 0 Å². The Morgan fingerprint density at radius 2 is 1.78 bits per heavy atom. The molecule has 8 heteroatoms. The van der Waals surface area contributed by atoms with E-state index in [1.54, 1.807) is 6.92 Å². The quantitative estimate of drug-likeness (QED) is 0.640. The molecule has 2 aliphatic rings. The minimum Gasteiger partial charge on any atom is -0.281 e. The minimum atomic E-state index is -6.11. The summed E-state index contributed by atoms with van der Waals surface area (Å²) in [5.74, 6) is -6.94. The van der Waals surface area contributed by atoms with Crippen LogP contribution < -0.4 is 0 Å². The third kappa shape index (κ3) is 1.68. The standard InChI is InChI=1S/C10H14F4O3S/c1-2-5-6-3-4-7(8(5)6)9(11,12)10(13,14)18(15,16)17/h5-8H,2-4H2,1H3,(H,15,16,17). The topological polar surface area (TPSA) is 54.4 Å². The first kappa shape index (κ1) is 14.0. The minimum absolute atomic E-state index is 0.00284. The van der Waals surface area contributed by atoms with Gasteiger partial charge in [0.15, 0.2) is 0 Å². The van der Waals surface area contributed by atoms with Gasteiger partial charge in [-0.15, -0.1) is 0 Å². The molecular formula is C10H14F4O3S. The Morgan fingerprint density at radius 3 is 2.17 bits per heavy atom. The average Bonchev–Trinajstić information content (AvgIpc) is 2.72. The normalized spacial score (nSPS) is 36.6. The molecule has 0 saturated heterocycles. The first-order chi connectivity index (χ1) is 8.05. The largest absolute Gasteiger partial charge is 0.431 e. The Bertz CT molecular complexity index is 444. The summed E-state index contributed by atoms with van der Waals surface area (Å²) in [6.45, 7) is 1.79. The van der Waals surface area contributed by atoms with Crippen LogP contribution in [0.5, 0.6) is 0 Å². The van der Waals surface area contributed by atoms with Crippen LogP contribution in [-0.4, -0.2) is 24.1 Å². The summed E-state index contributed by atoms with van der Waals surface area (Å²) in [6, 6.07) is 0. The predicted molar refractivity (Wildman–Crippen MR) is 54.9 cm³/mol. The van der Waals surface area contributed by atoms with Crippen LogP contribution >= 0.6 is 0 Å². The van der Waals surface area contributed by atoms with Crippen molar-refractivity contribution in [3.8, 4) is 0 Å². The maximum Gasteiger partial charge on any atom is 0.431 e. The van der Waals surface area contributed by atoms with E-state index in [-0.39, 0.29) is 18.3 Å². The highest BCUT2D eigenvalue weighted by Gasteiger charge is 2.74. The maximum atomic E-state index is 13.7. The Labute approximate surface area is 102 Å². The highest BCUT2D eigenvalue weighted by Crippen LogP contribution is 2.67. The molecule has 2 fully saturated rings. The fourth-order valence-electron chi connectivity index (χ4n) is 3.43. The Hall–Kier alpha value is -0.370. The van der Waals surface area contributed by atoms with Gasteiger partial charge in [-0.05, 0) is 30.6 Å². The zero-order valence-electron chi connectivity index (χ0n) is 9.61. The summed E-state index contributed by atoms with van der Waals surface area (Å²) in [4.78, 5) is 0. The molecule has 1 N–H and O–H groups in total. The molecule has 0 heterocycles. The first-order valence-electron chi connectivity index (χ1n) is 5.78. The molecule has 0 radical (unpaired) electrons. The van der Waals surface area contributed by atoms with E-state index in [0.29, 0.717) is 12.8 Å². The van der Waals surface area contributed by atoms with Crippen molar-refractivity contribution in [1.82, 2.24) is 0 Å². The van der Waals surface area contributed by atoms with Gasteiger partial charge in [-0.3, -0.25) is 4.55 Å². The Morgan fingerprint density at radius 1 is 1.22 bits per heavy atom. The van der Waals surface area contributed by atoms with Gasteiger partial charge in [0, 0.05) is 5.92 Å². The zero-order chi connectivity index (χ0) is 13.9. The molecule has 0 aromatic carbocycles. The maximum absolute atomic E-state index is 13.7. The van der Waals surface area contributed by atoms with E-state index < -0.39 is 33.1 Å². The third-order valence-corrected chi connectivity index (χ3v) is 5.24. The predicted octanol–water partition coefficient (Wildman–Crippen LogP) is 2.78. The number of halogens is 4. The van der Waals surface area contributed by atoms with E-state index in [2.05, 4.69) is 0 Å². The fraction of sp³-hybridized carbons (Fsp3) is 1.00. The van der Waals surface area contributed by atoms with Crippen molar-refractivity contribution in [2.24, 2.45) is 23.7 Å². The second-order valence-corrected chi connectivity index (χ2v) is 6.57. The summed E-state index contributed by atoms with van der Waals surface area (Å²) < 4.78 is 83.0. The summed E-state index contributed by atoms with van der Waals surface area (Å²) in [5.41, 5.74) is 0. The lowest BCUT2D eigenvalue weighted by molar-refractivity contribution is -0.197. The number of fused-ring (bicyclic) bond motifs is 1. The van der Waals surface area contributed by atoms with Crippen molar-refractivity contribution in [2.45, 2.75) is 37.4 Å². The molecule has 18 heavy (non-hydrogen) atoms. The Kier molecular flexibility index (Phi) is 2.98. The van der Waals surface area contributed by atoms with Crippen molar-refractivity contribution >= 4 is 10.1 Å². The van der Waals surface area contributed by atoms with Crippen molar-refractivity contribution in [3.63, 3.8) is 0 Å². The molecule has 0 aliphatic heterocycles. The van der Waals surface area contributed by atoms with Gasteiger partial charge in [0.05, 0.1) is 0 Å². The van der Waals surface area contributed by atoms with E-state index in [0.717, 1.165) is 0 Å². The van der Waals surface area contributed by atoms with Crippen LogP contribution in [0.25, 0.3) is 0 Å². The van der Waals surface area contributed by atoms with E-state index in [4.69, 9.17) is 4.55 Å². The van der Waals surface area contributed by atoms with Crippen LogP contribution in [-0.2, 0) is 10.1 Å². The molecule has 106 valence electrons. The lowest BCUT2D eigenvalue weighted by atomic mass is 9.92. The monoisotopic (exact) mass is 290 g/mol. The molecule has 3 nitrogen and oxygen atoms in total. The van der Waals surface area contributed by atoms with Gasteiger partial charge >= 0.3 is 21.3 Å². The van der Waals surface area contributed by atoms with Crippen molar-refractivity contribution in [3.05, 3.63) is 0 Å². The van der Waals surface area contributed by atoms with Gasteiger partial charge in [-0.1, -0.05) is 13.3 Å². The summed E-state index contributed by atoms with van der Waals surface area (Å²) in [5, 5.41) is -5.42. The van der Waals surface area contributed by atoms with Crippen LogP contribution in [0, 0.1) is 23.7 Å². The van der Waals surface area contributed by atoms with Gasteiger partial charge in [-0.2, -0.15) is 26.0 Å². The molecular weight excluding hydrogens is 276 g/mol. The number of alkyl halides is 4.